The number of hydrogen-bond donors (Lipinski definition) is 2. The fourth-order valence-electron chi connectivity index (χ4n) is 3.29. The minimum Gasteiger partial charge on any atom is -0.481 e. The number of hydrogen-bond acceptors (Lipinski definition) is 2. The van der Waals surface area contributed by atoms with Crippen molar-refractivity contribution >= 4 is 33.7 Å². The van der Waals surface area contributed by atoms with E-state index in [2.05, 4.69) is 11.5 Å². The predicted octanol–water partition coefficient (Wildman–Crippen LogP) is 4.31. The summed E-state index contributed by atoms with van der Waals surface area (Å²) in [7, 11) is 0. The summed E-state index contributed by atoms with van der Waals surface area (Å²) < 4.78 is 2.18. The topological polar surface area (TPSA) is 79.5 Å². The molecule has 0 aliphatic rings. The Labute approximate surface area is 139 Å². The highest BCUT2D eigenvalue weighted by Crippen LogP contribution is 2.33. The van der Waals surface area contributed by atoms with Gasteiger partial charge in [-0.3, -0.25) is 4.79 Å². The predicted molar refractivity (Wildman–Crippen MR) is 92.6 cm³/mol. The molecule has 2 aromatic carbocycles. The van der Waals surface area contributed by atoms with Gasteiger partial charge in [-0.1, -0.05) is 18.2 Å². The molecule has 0 aliphatic carbocycles. The smallest absolute Gasteiger partial charge is 0.335 e. The van der Waals surface area contributed by atoms with Crippen LogP contribution in [0.5, 0.6) is 0 Å². The third-order valence-electron chi connectivity index (χ3n) is 4.41. The molecule has 2 N–H and O–H groups in total. The van der Waals surface area contributed by atoms with Crippen molar-refractivity contribution < 1.29 is 19.8 Å². The zero-order valence-corrected chi connectivity index (χ0v) is 13.4. The van der Waals surface area contributed by atoms with Crippen LogP contribution >= 0.6 is 0 Å². The van der Waals surface area contributed by atoms with E-state index in [4.69, 9.17) is 5.11 Å². The summed E-state index contributed by atoms with van der Waals surface area (Å²) in [6.45, 7) is 2.07. The number of aromatic carboxylic acids is 1. The van der Waals surface area contributed by atoms with Gasteiger partial charge in [0.15, 0.2) is 0 Å². The highest BCUT2D eigenvalue weighted by atomic mass is 16.4. The van der Waals surface area contributed by atoms with Crippen LogP contribution in [0.3, 0.4) is 0 Å². The lowest BCUT2D eigenvalue weighted by Crippen LogP contribution is -2.06. The van der Waals surface area contributed by atoms with Crippen LogP contribution in [0.15, 0.2) is 42.5 Å². The van der Waals surface area contributed by atoms with Gasteiger partial charge in [-0.05, 0) is 44.0 Å². The minimum atomic E-state index is -0.941. The third kappa shape index (κ3) is 2.85. The normalized spacial score (nSPS) is 12.5. The van der Waals surface area contributed by atoms with Crippen LogP contribution in [-0.2, 0) is 4.79 Å². The van der Waals surface area contributed by atoms with Crippen LogP contribution in [0.4, 0.5) is 0 Å². The van der Waals surface area contributed by atoms with E-state index in [0.29, 0.717) is 6.42 Å². The molecule has 1 aromatic heterocycles. The standard InChI is InChI=1S/C19H19NO4/c1-12(5-4-8-18(21)22)20-16-7-3-2-6-14(16)15-11-13(19(23)24)9-10-17(15)20/h2-3,6-7,9-12H,4-5,8H2,1H3,(H,21,22)(H,23,24). The summed E-state index contributed by atoms with van der Waals surface area (Å²) in [5, 5.41) is 20.0. The molecule has 0 saturated carbocycles. The molecule has 1 atom stereocenters. The van der Waals surface area contributed by atoms with Crippen molar-refractivity contribution in [1.82, 2.24) is 4.57 Å². The van der Waals surface area contributed by atoms with Gasteiger partial charge in [0.25, 0.3) is 0 Å². The van der Waals surface area contributed by atoms with Crippen LogP contribution in [-0.4, -0.2) is 26.7 Å². The molecule has 0 spiro atoms. The Bertz CT molecular complexity index is 926. The first-order valence-electron chi connectivity index (χ1n) is 7.97. The number of aromatic nitrogens is 1. The molecular weight excluding hydrogens is 306 g/mol. The minimum absolute atomic E-state index is 0.127. The van der Waals surface area contributed by atoms with Gasteiger partial charge in [0.1, 0.15) is 0 Å². The molecule has 1 heterocycles. The van der Waals surface area contributed by atoms with E-state index in [-0.39, 0.29) is 18.0 Å². The van der Waals surface area contributed by atoms with Gasteiger partial charge in [-0.2, -0.15) is 0 Å². The molecule has 3 aromatic rings. The maximum atomic E-state index is 11.3. The molecule has 124 valence electrons. The van der Waals surface area contributed by atoms with Gasteiger partial charge >= 0.3 is 11.9 Å². The van der Waals surface area contributed by atoms with Gasteiger partial charge in [-0.25, -0.2) is 4.79 Å². The van der Waals surface area contributed by atoms with E-state index in [9.17, 15) is 14.7 Å². The number of carboxylic acid groups (broad SMARTS) is 2. The van der Waals surface area contributed by atoms with Crippen molar-refractivity contribution in [2.75, 3.05) is 0 Å². The highest BCUT2D eigenvalue weighted by molar-refractivity contribution is 6.10. The maximum Gasteiger partial charge on any atom is 0.335 e. The quantitative estimate of drug-likeness (QED) is 0.708. The Morgan fingerprint density at radius 1 is 1.04 bits per heavy atom. The number of rotatable bonds is 6. The number of benzene rings is 2. The molecule has 0 bridgehead atoms. The first-order chi connectivity index (χ1) is 11.5. The molecule has 3 rings (SSSR count). The largest absolute Gasteiger partial charge is 0.481 e. The fourth-order valence-corrected chi connectivity index (χ4v) is 3.29. The average molecular weight is 325 g/mol. The van der Waals surface area contributed by atoms with Crippen molar-refractivity contribution in [3.05, 3.63) is 48.0 Å². The van der Waals surface area contributed by atoms with E-state index < -0.39 is 11.9 Å². The van der Waals surface area contributed by atoms with Crippen LogP contribution in [0.1, 0.15) is 42.6 Å². The maximum absolute atomic E-state index is 11.3. The Balaban J connectivity index is 2.11. The number of carbonyl (C=O) groups is 2. The highest BCUT2D eigenvalue weighted by Gasteiger charge is 2.16. The van der Waals surface area contributed by atoms with Crippen LogP contribution in [0.25, 0.3) is 21.8 Å². The van der Waals surface area contributed by atoms with Crippen LogP contribution < -0.4 is 0 Å². The van der Waals surface area contributed by atoms with Crippen LogP contribution in [0, 0.1) is 0 Å². The van der Waals surface area contributed by atoms with Gasteiger partial charge in [0.05, 0.1) is 5.56 Å². The molecule has 0 amide bonds. The molecule has 0 aliphatic heterocycles. The van der Waals surface area contributed by atoms with E-state index in [1.54, 1.807) is 12.1 Å². The number of nitrogens with zero attached hydrogens (tertiary/aromatic N) is 1. The Morgan fingerprint density at radius 2 is 1.75 bits per heavy atom. The van der Waals surface area contributed by atoms with Crippen LogP contribution in [0.2, 0.25) is 0 Å². The first kappa shape index (κ1) is 16.1. The third-order valence-corrected chi connectivity index (χ3v) is 4.41. The molecule has 24 heavy (non-hydrogen) atoms. The van der Waals surface area contributed by atoms with Crippen molar-refractivity contribution in [3.63, 3.8) is 0 Å². The average Bonchev–Trinajstić information content (AvgIpc) is 2.88. The summed E-state index contributed by atoms with van der Waals surface area (Å²) >= 11 is 0. The van der Waals surface area contributed by atoms with E-state index >= 15 is 0 Å². The molecule has 5 heteroatoms. The van der Waals surface area contributed by atoms with Gasteiger partial charge in [0.2, 0.25) is 0 Å². The summed E-state index contributed by atoms with van der Waals surface area (Å²) in [6.07, 6.45) is 1.52. The van der Waals surface area contributed by atoms with Crippen molar-refractivity contribution in [3.8, 4) is 0 Å². The second-order valence-electron chi connectivity index (χ2n) is 6.06. The van der Waals surface area contributed by atoms with Gasteiger partial charge in [0, 0.05) is 34.3 Å². The van der Waals surface area contributed by atoms with E-state index in [1.807, 2.05) is 30.3 Å². The van der Waals surface area contributed by atoms with Crippen molar-refractivity contribution in [2.45, 2.75) is 32.2 Å². The zero-order chi connectivity index (χ0) is 17.3. The Hall–Kier alpha value is -2.82. The molecular formula is C19H19NO4. The molecule has 1 unspecified atom stereocenters. The van der Waals surface area contributed by atoms with Gasteiger partial charge < -0.3 is 14.8 Å². The molecule has 0 radical (unpaired) electrons. The van der Waals surface area contributed by atoms with E-state index in [0.717, 1.165) is 28.2 Å². The fraction of sp³-hybridized carbons (Fsp3) is 0.263. The summed E-state index contributed by atoms with van der Waals surface area (Å²) in [6, 6.07) is 13.2. The number of carboxylic acids is 2. The molecule has 0 saturated heterocycles. The second-order valence-corrected chi connectivity index (χ2v) is 6.06. The monoisotopic (exact) mass is 325 g/mol. The second kappa shape index (κ2) is 6.35. The Kier molecular flexibility index (Phi) is 4.25. The van der Waals surface area contributed by atoms with E-state index in [1.165, 1.54) is 0 Å². The Morgan fingerprint density at radius 3 is 2.46 bits per heavy atom. The lowest BCUT2D eigenvalue weighted by atomic mass is 10.1. The first-order valence-corrected chi connectivity index (χ1v) is 7.97. The molecule has 0 fully saturated rings. The van der Waals surface area contributed by atoms with Gasteiger partial charge in [-0.15, -0.1) is 0 Å². The van der Waals surface area contributed by atoms with Crippen molar-refractivity contribution in [2.24, 2.45) is 0 Å². The number of aliphatic carboxylic acids is 1. The van der Waals surface area contributed by atoms with Crippen molar-refractivity contribution in [1.29, 1.82) is 0 Å². The lowest BCUT2D eigenvalue weighted by molar-refractivity contribution is -0.137. The number of fused-ring (bicyclic) bond motifs is 3. The SMILES string of the molecule is CC(CCCC(=O)O)n1c2ccccc2c2cc(C(=O)O)ccc21. The zero-order valence-electron chi connectivity index (χ0n) is 13.4. The molecule has 5 nitrogen and oxygen atoms in total. The number of para-hydroxylation sites is 1. The summed E-state index contributed by atoms with van der Waals surface area (Å²) in [4.78, 5) is 22.0. The summed E-state index contributed by atoms with van der Waals surface area (Å²) in [5.41, 5.74) is 2.28. The summed E-state index contributed by atoms with van der Waals surface area (Å²) in [5.74, 6) is -1.72. The lowest BCUT2D eigenvalue weighted by Gasteiger charge is -2.16.